The fourth-order valence-electron chi connectivity index (χ4n) is 2.43. The Bertz CT molecular complexity index is 469. The first-order valence-corrected chi connectivity index (χ1v) is 7.46. The van der Waals surface area contributed by atoms with Crippen LogP contribution in [0.25, 0.3) is 0 Å². The first-order valence-electron chi connectivity index (χ1n) is 7.46. The summed E-state index contributed by atoms with van der Waals surface area (Å²) in [5.41, 5.74) is 2.29. The van der Waals surface area contributed by atoms with Crippen LogP contribution in [0.2, 0.25) is 0 Å². The Labute approximate surface area is 123 Å². The van der Waals surface area contributed by atoms with Gasteiger partial charge < -0.3 is 14.4 Å². The van der Waals surface area contributed by atoms with Gasteiger partial charge in [-0.15, -0.1) is 0 Å². The van der Waals surface area contributed by atoms with Gasteiger partial charge in [-0.05, 0) is 30.5 Å². The van der Waals surface area contributed by atoms with E-state index in [1.165, 1.54) is 0 Å². The second kappa shape index (κ2) is 6.54. The Morgan fingerprint density at radius 1 is 1.14 bits per heavy atom. The number of aryl methyl sites for hydroxylation is 1. The van der Waals surface area contributed by atoms with E-state index < -0.39 is 6.04 Å². The van der Waals surface area contributed by atoms with Crippen molar-refractivity contribution >= 4 is 11.7 Å². The van der Waals surface area contributed by atoms with Gasteiger partial charge in [-0.2, -0.15) is 4.39 Å². The molecular formula is C16H20FNO3. The number of nitrogens with zero attached hydrogens (tertiary/aromatic N) is 1. The van der Waals surface area contributed by atoms with Gasteiger partial charge in [0.05, 0.1) is 25.4 Å². The molecule has 0 N–H and O–H groups in total. The first kappa shape index (κ1) is 14.5. The number of halogens is 1. The van der Waals surface area contributed by atoms with Crippen LogP contribution < -0.4 is 4.90 Å². The van der Waals surface area contributed by atoms with Crippen LogP contribution in [-0.2, 0) is 20.7 Å². The van der Waals surface area contributed by atoms with Crippen molar-refractivity contribution in [3.63, 3.8) is 0 Å². The van der Waals surface area contributed by atoms with E-state index in [0.29, 0.717) is 18.6 Å². The molecule has 0 bridgehead atoms. The number of benzene rings is 1. The summed E-state index contributed by atoms with van der Waals surface area (Å²) in [6, 6.07) is 7.03. The zero-order valence-corrected chi connectivity index (χ0v) is 12.0. The molecule has 1 aromatic carbocycles. The monoisotopic (exact) mass is 293 g/mol. The lowest BCUT2D eigenvalue weighted by Gasteiger charge is -2.23. The number of anilines is 1. The van der Waals surface area contributed by atoms with E-state index in [4.69, 9.17) is 9.47 Å². The summed E-state index contributed by atoms with van der Waals surface area (Å²) >= 11 is 0. The van der Waals surface area contributed by atoms with Crippen molar-refractivity contribution in [3.05, 3.63) is 29.8 Å². The molecule has 0 saturated carbocycles. The molecule has 0 aromatic heterocycles. The standard InChI is InChI=1S/C16H20FNO3/c17-16(19)3-1-2-12-4-6-13(7-5-12)18(8-14-10-20-14)9-15-11-21-15/h4-7,14-15H,1-3,8-11H2. The highest BCUT2D eigenvalue weighted by molar-refractivity contribution is 5.67. The molecule has 5 heteroatoms. The molecule has 2 unspecified atom stereocenters. The van der Waals surface area contributed by atoms with E-state index in [9.17, 15) is 9.18 Å². The van der Waals surface area contributed by atoms with Gasteiger partial charge in [0.15, 0.2) is 0 Å². The molecule has 2 heterocycles. The molecule has 2 saturated heterocycles. The Morgan fingerprint density at radius 2 is 1.71 bits per heavy atom. The molecule has 3 rings (SSSR count). The van der Waals surface area contributed by atoms with Gasteiger partial charge >= 0.3 is 6.04 Å². The molecule has 0 aliphatic carbocycles. The summed E-state index contributed by atoms with van der Waals surface area (Å²) in [6.07, 6.45) is 1.99. The van der Waals surface area contributed by atoms with Crippen molar-refractivity contribution < 1.29 is 18.7 Å². The SMILES string of the molecule is O=C(F)CCCc1ccc(N(CC2CO2)CC2CO2)cc1. The van der Waals surface area contributed by atoms with Crippen LogP contribution in [0.3, 0.4) is 0 Å². The highest BCUT2D eigenvalue weighted by Gasteiger charge is 2.30. The fourth-order valence-corrected chi connectivity index (χ4v) is 2.43. The van der Waals surface area contributed by atoms with Crippen LogP contribution in [0.1, 0.15) is 18.4 Å². The highest BCUT2D eigenvalue weighted by atomic mass is 19.1. The number of carbonyl (C=O) groups is 1. The Hall–Kier alpha value is -1.46. The molecule has 2 atom stereocenters. The molecule has 2 aliphatic rings. The van der Waals surface area contributed by atoms with Crippen molar-refractivity contribution in [2.75, 3.05) is 31.2 Å². The minimum absolute atomic E-state index is 0.00587. The summed E-state index contributed by atoms with van der Waals surface area (Å²) in [6.45, 7) is 3.49. The molecule has 1 aromatic rings. The third-order valence-electron chi connectivity index (χ3n) is 3.79. The Morgan fingerprint density at radius 3 is 2.19 bits per heavy atom. The van der Waals surface area contributed by atoms with E-state index in [2.05, 4.69) is 17.0 Å². The van der Waals surface area contributed by atoms with Gasteiger partial charge in [0, 0.05) is 25.2 Å². The zero-order valence-electron chi connectivity index (χ0n) is 12.0. The van der Waals surface area contributed by atoms with E-state index in [1.54, 1.807) is 0 Å². The molecule has 2 fully saturated rings. The number of hydrogen-bond acceptors (Lipinski definition) is 4. The van der Waals surface area contributed by atoms with Crippen molar-refractivity contribution in [3.8, 4) is 0 Å². The molecule has 0 amide bonds. The predicted octanol–water partition coefficient (Wildman–Crippen LogP) is 2.11. The van der Waals surface area contributed by atoms with E-state index in [1.807, 2.05) is 12.1 Å². The third-order valence-corrected chi connectivity index (χ3v) is 3.79. The largest absolute Gasteiger partial charge is 0.371 e. The highest BCUT2D eigenvalue weighted by Crippen LogP contribution is 2.23. The number of rotatable bonds is 9. The van der Waals surface area contributed by atoms with Crippen LogP contribution in [0.15, 0.2) is 24.3 Å². The molecule has 4 nitrogen and oxygen atoms in total. The van der Waals surface area contributed by atoms with Gasteiger partial charge in [0.2, 0.25) is 0 Å². The van der Waals surface area contributed by atoms with Gasteiger partial charge in [0.1, 0.15) is 0 Å². The summed E-state index contributed by atoms with van der Waals surface area (Å²) < 4.78 is 22.8. The van der Waals surface area contributed by atoms with Crippen LogP contribution in [0.4, 0.5) is 10.1 Å². The molecule has 0 radical (unpaired) electrons. The van der Waals surface area contributed by atoms with Crippen LogP contribution in [-0.4, -0.2) is 44.5 Å². The molecular weight excluding hydrogens is 273 g/mol. The normalized spacial score (nSPS) is 22.9. The smallest absolute Gasteiger partial charge is 0.301 e. The quantitative estimate of drug-likeness (QED) is 0.517. The number of carbonyl (C=O) groups excluding carboxylic acids is 1. The minimum Gasteiger partial charge on any atom is -0.371 e. The lowest BCUT2D eigenvalue weighted by atomic mass is 10.1. The summed E-state index contributed by atoms with van der Waals surface area (Å²) in [4.78, 5) is 12.6. The number of ether oxygens (including phenoxy) is 2. The van der Waals surface area contributed by atoms with E-state index in [-0.39, 0.29) is 6.42 Å². The van der Waals surface area contributed by atoms with E-state index >= 15 is 0 Å². The topological polar surface area (TPSA) is 45.4 Å². The van der Waals surface area contributed by atoms with Crippen LogP contribution in [0.5, 0.6) is 0 Å². The second-order valence-corrected chi connectivity index (χ2v) is 5.69. The Kier molecular flexibility index (Phi) is 4.51. The number of epoxide rings is 2. The van der Waals surface area contributed by atoms with Gasteiger partial charge in [-0.1, -0.05) is 12.1 Å². The van der Waals surface area contributed by atoms with Crippen molar-refractivity contribution in [1.82, 2.24) is 0 Å². The van der Waals surface area contributed by atoms with Gasteiger partial charge in [0.25, 0.3) is 0 Å². The fraction of sp³-hybridized carbons (Fsp3) is 0.562. The molecule has 114 valence electrons. The van der Waals surface area contributed by atoms with Crippen molar-refractivity contribution in [2.45, 2.75) is 31.5 Å². The number of hydrogen-bond donors (Lipinski definition) is 0. The maximum atomic E-state index is 12.2. The van der Waals surface area contributed by atoms with Crippen LogP contribution in [0, 0.1) is 0 Å². The summed E-state index contributed by atoms with van der Waals surface area (Å²) in [5.74, 6) is 0. The average Bonchev–Trinajstić information content (AvgIpc) is 3.34. The summed E-state index contributed by atoms with van der Waals surface area (Å²) in [5, 5.41) is 0. The maximum Gasteiger partial charge on any atom is 0.301 e. The minimum atomic E-state index is -1.23. The molecule has 21 heavy (non-hydrogen) atoms. The lowest BCUT2D eigenvalue weighted by molar-refractivity contribution is -0.129. The van der Waals surface area contributed by atoms with Crippen LogP contribution >= 0.6 is 0 Å². The average molecular weight is 293 g/mol. The maximum absolute atomic E-state index is 12.2. The van der Waals surface area contributed by atoms with Crippen molar-refractivity contribution in [2.24, 2.45) is 0 Å². The molecule has 0 spiro atoms. The van der Waals surface area contributed by atoms with Gasteiger partial charge in [-0.25, -0.2) is 0 Å². The second-order valence-electron chi connectivity index (χ2n) is 5.69. The molecule has 2 aliphatic heterocycles. The van der Waals surface area contributed by atoms with Gasteiger partial charge in [-0.3, -0.25) is 4.79 Å². The lowest BCUT2D eigenvalue weighted by Crippen LogP contribution is -2.31. The summed E-state index contributed by atoms with van der Waals surface area (Å²) in [7, 11) is 0. The predicted molar refractivity (Wildman–Crippen MR) is 77.2 cm³/mol. The van der Waals surface area contributed by atoms with Crippen molar-refractivity contribution in [1.29, 1.82) is 0 Å². The zero-order chi connectivity index (χ0) is 14.7. The Balaban J connectivity index is 1.56. The first-order chi connectivity index (χ1) is 10.2. The third kappa shape index (κ3) is 4.79. The van der Waals surface area contributed by atoms with E-state index in [0.717, 1.165) is 44.0 Å².